The molecule has 0 unspecified atom stereocenters. The largest absolute Gasteiger partial charge is 0.480 e. The lowest BCUT2D eigenvalue weighted by molar-refractivity contribution is -0.137. The second-order valence-corrected chi connectivity index (χ2v) is 3.76. The molecule has 1 rings (SSSR count). The van der Waals surface area contributed by atoms with Crippen molar-refractivity contribution in [2.75, 3.05) is 5.32 Å². The van der Waals surface area contributed by atoms with Crippen molar-refractivity contribution >= 4 is 22.4 Å². The molecule has 0 aromatic carbocycles. The number of anilines is 1. The van der Waals surface area contributed by atoms with Crippen molar-refractivity contribution in [2.24, 2.45) is 0 Å². The molecule has 8 heteroatoms. The zero-order valence-electron chi connectivity index (χ0n) is 7.50. The monoisotopic (exact) mass is 240 g/mol. The molecule has 0 bridgehead atoms. The topological polar surface area (TPSA) is 62.2 Å². The first-order chi connectivity index (χ1) is 6.80. The Morgan fingerprint density at radius 2 is 2.27 bits per heavy atom. The van der Waals surface area contributed by atoms with Crippen LogP contribution < -0.4 is 5.32 Å². The third-order valence-corrected chi connectivity index (χ3v) is 2.47. The van der Waals surface area contributed by atoms with Gasteiger partial charge in [0, 0.05) is 0 Å². The van der Waals surface area contributed by atoms with Gasteiger partial charge in [0.15, 0.2) is 5.13 Å². The van der Waals surface area contributed by atoms with Gasteiger partial charge in [0.25, 0.3) is 0 Å². The van der Waals surface area contributed by atoms with E-state index in [1.165, 1.54) is 6.92 Å². The number of nitrogens with zero attached hydrogens (tertiary/aromatic N) is 1. The van der Waals surface area contributed by atoms with Crippen molar-refractivity contribution in [3.63, 3.8) is 0 Å². The quantitative estimate of drug-likeness (QED) is 0.848. The number of thiazole rings is 1. The predicted molar refractivity (Wildman–Crippen MR) is 47.8 cm³/mol. The molecule has 4 nitrogen and oxygen atoms in total. The lowest BCUT2D eigenvalue weighted by Crippen LogP contribution is -2.25. The van der Waals surface area contributed by atoms with Gasteiger partial charge in [-0.3, -0.25) is 4.79 Å². The van der Waals surface area contributed by atoms with E-state index >= 15 is 0 Å². The number of alkyl halides is 3. The van der Waals surface area contributed by atoms with Crippen LogP contribution in [-0.4, -0.2) is 22.1 Å². The maximum atomic E-state index is 12.1. The van der Waals surface area contributed by atoms with Gasteiger partial charge in [-0.25, -0.2) is 4.98 Å². The van der Waals surface area contributed by atoms with Crippen LogP contribution in [-0.2, 0) is 11.0 Å². The van der Waals surface area contributed by atoms with E-state index in [2.05, 4.69) is 10.3 Å². The summed E-state index contributed by atoms with van der Waals surface area (Å²) in [7, 11) is 0. The molecule has 0 saturated carbocycles. The van der Waals surface area contributed by atoms with Crippen LogP contribution in [0.2, 0.25) is 0 Å². The van der Waals surface area contributed by atoms with E-state index in [9.17, 15) is 18.0 Å². The number of hydrogen-bond acceptors (Lipinski definition) is 4. The maximum Gasteiger partial charge on any atom is 0.427 e. The second kappa shape index (κ2) is 4.05. The molecule has 0 spiro atoms. The van der Waals surface area contributed by atoms with Gasteiger partial charge < -0.3 is 10.4 Å². The van der Waals surface area contributed by atoms with E-state index in [0.717, 1.165) is 0 Å². The SMILES string of the molecule is C[C@H](Nc1ncc(C(F)(F)F)s1)C(=O)O. The van der Waals surface area contributed by atoms with Crippen molar-refractivity contribution in [3.05, 3.63) is 11.1 Å². The summed E-state index contributed by atoms with van der Waals surface area (Å²) in [6.45, 7) is 1.32. The number of halogens is 3. The van der Waals surface area contributed by atoms with Crippen LogP contribution in [0.25, 0.3) is 0 Å². The molecule has 1 heterocycles. The predicted octanol–water partition coefficient (Wildman–Crippen LogP) is 2.05. The first-order valence-corrected chi connectivity index (χ1v) is 4.64. The van der Waals surface area contributed by atoms with Gasteiger partial charge in [-0.05, 0) is 6.92 Å². The number of carboxylic acid groups (broad SMARTS) is 1. The molecular weight excluding hydrogens is 233 g/mol. The molecule has 1 aromatic rings. The summed E-state index contributed by atoms with van der Waals surface area (Å²) in [5, 5.41) is 10.8. The summed E-state index contributed by atoms with van der Waals surface area (Å²) in [5.41, 5.74) is 0. The van der Waals surface area contributed by atoms with Gasteiger partial charge in [0.1, 0.15) is 10.9 Å². The highest BCUT2D eigenvalue weighted by atomic mass is 32.1. The van der Waals surface area contributed by atoms with Gasteiger partial charge >= 0.3 is 12.1 Å². The van der Waals surface area contributed by atoms with Gasteiger partial charge in [0.05, 0.1) is 6.20 Å². The lowest BCUT2D eigenvalue weighted by Gasteiger charge is -2.06. The molecular formula is C7H7F3N2O2S. The van der Waals surface area contributed by atoms with Crippen LogP contribution in [0.4, 0.5) is 18.3 Å². The van der Waals surface area contributed by atoms with Crippen LogP contribution in [0, 0.1) is 0 Å². The molecule has 1 atom stereocenters. The summed E-state index contributed by atoms with van der Waals surface area (Å²) < 4.78 is 36.4. The normalized spacial score (nSPS) is 13.6. The van der Waals surface area contributed by atoms with Crippen LogP contribution in [0.3, 0.4) is 0 Å². The highest BCUT2D eigenvalue weighted by molar-refractivity contribution is 7.15. The minimum Gasteiger partial charge on any atom is -0.480 e. The van der Waals surface area contributed by atoms with Crippen molar-refractivity contribution < 1.29 is 23.1 Å². The number of carbonyl (C=O) groups is 1. The molecule has 0 aliphatic heterocycles. The van der Waals surface area contributed by atoms with E-state index < -0.39 is 23.1 Å². The van der Waals surface area contributed by atoms with E-state index in [1.54, 1.807) is 0 Å². The van der Waals surface area contributed by atoms with Gasteiger partial charge in [-0.2, -0.15) is 13.2 Å². The average molecular weight is 240 g/mol. The van der Waals surface area contributed by atoms with Crippen molar-refractivity contribution in [2.45, 2.75) is 19.1 Å². The Bertz CT molecular complexity index is 363. The summed E-state index contributed by atoms with van der Waals surface area (Å²) in [6.07, 6.45) is -3.77. The Labute approximate surface area is 86.8 Å². The van der Waals surface area contributed by atoms with Crippen LogP contribution >= 0.6 is 11.3 Å². The molecule has 0 amide bonds. The second-order valence-electron chi connectivity index (χ2n) is 2.73. The fourth-order valence-electron chi connectivity index (χ4n) is 0.719. The van der Waals surface area contributed by atoms with E-state index in [4.69, 9.17) is 5.11 Å². The Balaban J connectivity index is 2.73. The smallest absolute Gasteiger partial charge is 0.427 e. The molecule has 2 N–H and O–H groups in total. The highest BCUT2D eigenvalue weighted by Gasteiger charge is 2.33. The fraction of sp³-hybridized carbons (Fsp3) is 0.429. The van der Waals surface area contributed by atoms with Crippen molar-refractivity contribution in [1.82, 2.24) is 4.98 Å². The highest BCUT2D eigenvalue weighted by Crippen LogP contribution is 2.35. The molecule has 0 aliphatic carbocycles. The minimum absolute atomic E-state index is 0.0581. The first kappa shape index (κ1) is 11.8. The standard InChI is InChI=1S/C7H7F3N2O2S/c1-3(5(13)14)12-6-11-2-4(15-6)7(8,9)10/h2-3H,1H3,(H,11,12)(H,13,14)/t3-/m0/s1. The van der Waals surface area contributed by atoms with Crippen LogP contribution in [0.5, 0.6) is 0 Å². The first-order valence-electron chi connectivity index (χ1n) is 3.83. The molecule has 0 aliphatic rings. The number of aromatic nitrogens is 1. The fourth-order valence-corrected chi connectivity index (χ4v) is 1.49. The Morgan fingerprint density at radius 1 is 1.67 bits per heavy atom. The summed E-state index contributed by atoms with van der Waals surface area (Å²) >= 11 is 0.375. The molecule has 0 saturated heterocycles. The molecule has 15 heavy (non-hydrogen) atoms. The zero-order valence-corrected chi connectivity index (χ0v) is 8.32. The Kier molecular flexibility index (Phi) is 3.18. The molecule has 0 fully saturated rings. The molecule has 84 valence electrons. The Morgan fingerprint density at radius 3 is 2.67 bits per heavy atom. The number of hydrogen-bond donors (Lipinski definition) is 2. The summed E-state index contributed by atoms with van der Waals surface area (Å²) in [5.74, 6) is -1.15. The van der Waals surface area contributed by atoms with Crippen molar-refractivity contribution in [1.29, 1.82) is 0 Å². The van der Waals surface area contributed by atoms with Crippen LogP contribution in [0.15, 0.2) is 6.20 Å². The molecule has 1 aromatic heterocycles. The summed E-state index contributed by atoms with van der Waals surface area (Å²) in [4.78, 5) is 13.0. The number of aliphatic carboxylic acids is 1. The van der Waals surface area contributed by atoms with E-state index in [-0.39, 0.29) is 5.13 Å². The minimum atomic E-state index is -4.44. The van der Waals surface area contributed by atoms with E-state index in [0.29, 0.717) is 17.5 Å². The molecule has 0 radical (unpaired) electrons. The average Bonchev–Trinajstić information content (AvgIpc) is 2.51. The number of rotatable bonds is 3. The van der Waals surface area contributed by atoms with E-state index in [1.807, 2.05) is 0 Å². The van der Waals surface area contributed by atoms with Gasteiger partial charge in [-0.1, -0.05) is 11.3 Å². The maximum absolute atomic E-state index is 12.1. The third-order valence-electron chi connectivity index (χ3n) is 1.50. The third kappa shape index (κ3) is 3.08. The summed E-state index contributed by atoms with van der Waals surface area (Å²) in [6, 6.07) is -0.975. The van der Waals surface area contributed by atoms with Crippen molar-refractivity contribution in [3.8, 4) is 0 Å². The zero-order chi connectivity index (χ0) is 11.6. The van der Waals surface area contributed by atoms with Gasteiger partial charge in [0.2, 0.25) is 0 Å². The van der Waals surface area contributed by atoms with Crippen LogP contribution in [0.1, 0.15) is 11.8 Å². The lowest BCUT2D eigenvalue weighted by atomic mass is 10.4. The number of carboxylic acids is 1. The van der Waals surface area contributed by atoms with Gasteiger partial charge in [-0.15, -0.1) is 0 Å². The Hall–Kier alpha value is -1.31. The number of nitrogens with one attached hydrogen (secondary N) is 1.